The van der Waals surface area contributed by atoms with E-state index >= 15 is 0 Å². The first-order chi connectivity index (χ1) is 9.08. The van der Waals surface area contributed by atoms with E-state index in [1.165, 1.54) is 19.3 Å². The third kappa shape index (κ3) is 2.84. The van der Waals surface area contributed by atoms with Crippen LogP contribution in [0, 0.1) is 23.7 Å². The molecule has 3 rings (SSSR count). The zero-order chi connectivity index (χ0) is 13.6. The average Bonchev–Trinajstić information content (AvgIpc) is 2.99. The molecule has 5 atom stereocenters. The summed E-state index contributed by atoms with van der Waals surface area (Å²) in [5.74, 6) is 3.44. The van der Waals surface area contributed by atoms with Crippen LogP contribution in [0.5, 0.6) is 0 Å². The van der Waals surface area contributed by atoms with Crippen molar-refractivity contribution in [3.05, 3.63) is 0 Å². The minimum absolute atomic E-state index is 0. The summed E-state index contributed by atoms with van der Waals surface area (Å²) < 4.78 is 0. The number of hydrogen-bond acceptors (Lipinski definition) is 3. The number of halogens is 1. The Morgan fingerprint density at radius 1 is 1.30 bits per heavy atom. The average molecular weight is 319 g/mol. The van der Waals surface area contributed by atoms with Crippen LogP contribution in [0.2, 0.25) is 0 Å². The maximum atomic E-state index is 12.8. The minimum atomic E-state index is 0. The molecular weight excluding hydrogens is 292 g/mol. The molecule has 2 aliphatic carbocycles. The molecule has 116 valence electrons. The van der Waals surface area contributed by atoms with Gasteiger partial charge in [-0.25, -0.2) is 0 Å². The van der Waals surface area contributed by atoms with E-state index in [-0.39, 0.29) is 24.4 Å². The molecule has 3 fully saturated rings. The van der Waals surface area contributed by atoms with Crippen LogP contribution in [-0.2, 0) is 4.79 Å². The fourth-order valence-corrected chi connectivity index (χ4v) is 5.49. The van der Waals surface area contributed by atoms with Crippen LogP contribution in [0.3, 0.4) is 0 Å². The molecule has 0 radical (unpaired) electrons. The summed E-state index contributed by atoms with van der Waals surface area (Å²) in [6.45, 7) is 6.37. The molecule has 0 aromatic rings. The molecule has 0 aromatic carbocycles. The number of nitrogens with two attached hydrogens (primary N) is 1. The maximum Gasteiger partial charge on any atom is 0.227 e. The lowest BCUT2D eigenvalue weighted by atomic mass is 9.84. The van der Waals surface area contributed by atoms with Crippen LogP contribution in [0.25, 0.3) is 0 Å². The Kier molecular flexibility index (Phi) is 5.30. The number of amides is 1. The quantitative estimate of drug-likeness (QED) is 0.850. The number of nitrogens with zero attached hydrogens (tertiary/aromatic N) is 1. The molecule has 1 saturated heterocycles. The van der Waals surface area contributed by atoms with Gasteiger partial charge in [-0.2, -0.15) is 11.8 Å². The van der Waals surface area contributed by atoms with Gasteiger partial charge in [-0.1, -0.05) is 13.8 Å². The minimum Gasteiger partial charge on any atom is -0.340 e. The summed E-state index contributed by atoms with van der Waals surface area (Å²) in [7, 11) is 0. The molecule has 20 heavy (non-hydrogen) atoms. The summed E-state index contributed by atoms with van der Waals surface area (Å²) in [5.41, 5.74) is 6.31. The SMILES string of the molecule is CC(C)C1CN(C(=O)C2C3CCC(C3)C2N)CCS1.Cl. The van der Waals surface area contributed by atoms with Crippen molar-refractivity contribution in [1.29, 1.82) is 0 Å². The van der Waals surface area contributed by atoms with Crippen LogP contribution in [0.1, 0.15) is 33.1 Å². The van der Waals surface area contributed by atoms with Crippen LogP contribution < -0.4 is 5.73 Å². The van der Waals surface area contributed by atoms with Crippen LogP contribution in [0.15, 0.2) is 0 Å². The van der Waals surface area contributed by atoms with Gasteiger partial charge in [0, 0.05) is 30.1 Å². The molecule has 3 aliphatic rings. The molecule has 2 bridgehead atoms. The number of carbonyl (C=O) groups is 1. The number of carbonyl (C=O) groups excluding carboxylic acids is 1. The van der Waals surface area contributed by atoms with Crippen LogP contribution in [0.4, 0.5) is 0 Å². The van der Waals surface area contributed by atoms with E-state index in [1.54, 1.807) is 0 Å². The highest BCUT2D eigenvalue weighted by Crippen LogP contribution is 2.48. The second-order valence-electron chi connectivity index (χ2n) is 6.87. The van der Waals surface area contributed by atoms with Gasteiger partial charge in [-0.05, 0) is 37.0 Å². The molecule has 5 heteroatoms. The second kappa shape index (κ2) is 6.45. The van der Waals surface area contributed by atoms with Crippen molar-refractivity contribution in [3.8, 4) is 0 Å². The zero-order valence-corrected chi connectivity index (χ0v) is 14.1. The molecule has 0 aromatic heterocycles. The Labute approximate surface area is 132 Å². The summed E-state index contributed by atoms with van der Waals surface area (Å²) in [5, 5.41) is 0.604. The number of thioether (sulfide) groups is 1. The highest BCUT2D eigenvalue weighted by molar-refractivity contribution is 8.00. The molecule has 2 N–H and O–H groups in total. The summed E-state index contributed by atoms with van der Waals surface area (Å²) in [6.07, 6.45) is 3.68. The van der Waals surface area contributed by atoms with Gasteiger partial charge in [0.1, 0.15) is 0 Å². The van der Waals surface area contributed by atoms with Gasteiger partial charge < -0.3 is 10.6 Å². The molecule has 1 amide bonds. The Hall–Kier alpha value is 0.0700. The predicted octanol–water partition coefficient (Wildman–Crippen LogP) is 2.38. The van der Waals surface area contributed by atoms with Gasteiger partial charge in [-0.15, -0.1) is 12.4 Å². The van der Waals surface area contributed by atoms with E-state index in [0.717, 1.165) is 18.8 Å². The lowest BCUT2D eigenvalue weighted by molar-refractivity contribution is -0.137. The first kappa shape index (κ1) is 16.4. The van der Waals surface area contributed by atoms with E-state index in [9.17, 15) is 4.79 Å². The molecular formula is C15H27ClN2OS. The summed E-state index contributed by atoms with van der Waals surface area (Å²) in [6, 6.07) is 0.137. The smallest absolute Gasteiger partial charge is 0.227 e. The first-order valence-corrected chi connectivity index (χ1v) is 8.78. The predicted molar refractivity (Wildman–Crippen MR) is 87.2 cm³/mol. The summed E-state index contributed by atoms with van der Waals surface area (Å²) >= 11 is 2.03. The van der Waals surface area contributed by atoms with Crippen LogP contribution >= 0.6 is 24.2 Å². The van der Waals surface area contributed by atoms with E-state index in [0.29, 0.717) is 28.9 Å². The Bertz CT molecular complexity index is 364. The zero-order valence-electron chi connectivity index (χ0n) is 12.5. The Balaban J connectivity index is 0.00000147. The second-order valence-corrected chi connectivity index (χ2v) is 8.22. The lowest BCUT2D eigenvalue weighted by Crippen LogP contribution is -2.51. The Morgan fingerprint density at radius 2 is 2.00 bits per heavy atom. The third-order valence-corrected chi connectivity index (χ3v) is 6.95. The van der Waals surface area contributed by atoms with Gasteiger partial charge in [0.2, 0.25) is 5.91 Å². The lowest BCUT2D eigenvalue weighted by Gasteiger charge is -2.38. The van der Waals surface area contributed by atoms with Gasteiger partial charge in [-0.3, -0.25) is 4.79 Å². The number of fused-ring (bicyclic) bond motifs is 2. The van der Waals surface area contributed by atoms with E-state index in [2.05, 4.69) is 18.7 Å². The van der Waals surface area contributed by atoms with Crippen molar-refractivity contribution in [1.82, 2.24) is 4.90 Å². The highest BCUT2D eigenvalue weighted by atomic mass is 35.5. The molecule has 0 spiro atoms. The van der Waals surface area contributed by atoms with Crippen molar-refractivity contribution in [3.63, 3.8) is 0 Å². The molecule has 3 nitrogen and oxygen atoms in total. The number of hydrogen-bond donors (Lipinski definition) is 1. The topological polar surface area (TPSA) is 46.3 Å². The third-order valence-electron chi connectivity index (χ3n) is 5.41. The van der Waals surface area contributed by atoms with Crippen molar-refractivity contribution in [2.75, 3.05) is 18.8 Å². The summed E-state index contributed by atoms with van der Waals surface area (Å²) in [4.78, 5) is 14.9. The standard InChI is InChI=1S/C15H26N2OS.ClH/c1-9(2)12-8-17(5-6-19-12)15(18)13-10-3-4-11(7-10)14(13)16;/h9-14H,3-8,16H2,1-2H3;1H. The van der Waals surface area contributed by atoms with Crippen molar-refractivity contribution in [2.24, 2.45) is 29.4 Å². The van der Waals surface area contributed by atoms with Gasteiger partial charge >= 0.3 is 0 Å². The maximum absolute atomic E-state index is 12.8. The van der Waals surface area contributed by atoms with Gasteiger partial charge in [0.15, 0.2) is 0 Å². The van der Waals surface area contributed by atoms with Crippen LogP contribution in [-0.4, -0.2) is 40.9 Å². The highest BCUT2D eigenvalue weighted by Gasteiger charge is 2.50. The van der Waals surface area contributed by atoms with Gasteiger partial charge in [0.25, 0.3) is 0 Å². The largest absolute Gasteiger partial charge is 0.340 e. The molecule has 5 unspecified atom stereocenters. The fraction of sp³-hybridized carbons (Fsp3) is 0.933. The monoisotopic (exact) mass is 318 g/mol. The van der Waals surface area contributed by atoms with E-state index < -0.39 is 0 Å². The van der Waals surface area contributed by atoms with Gasteiger partial charge in [0.05, 0.1) is 5.92 Å². The van der Waals surface area contributed by atoms with Crippen molar-refractivity contribution in [2.45, 2.75) is 44.4 Å². The van der Waals surface area contributed by atoms with Crippen molar-refractivity contribution < 1.29 is 4.79 Å². The number of rotatable bonds is 2. The Morgan fingerprint density at radius 3 is 2.60 bits per heavy atom. The fourth-order valence-electron chi connectivity index (χ4n) is 4.19. The van der Waals surface area contributed by atoms with E-state index in [1.807, 2.05) is 11.8 Å². The molecule has 1 heterocycles. The van der Waals surface area contributed by atoms with Crippen molar-refractivity contribution >= 4 is 30.1 Å². The molecule has 2 saturated carbocycles. The van der Waals surface area contributed by atoms with E-state index in [4.69, 9.17) is 5.73 Å². The first-order valence-electron chi connectivity index (χ1n) is 7.74. The molecule has 1 aliphatic heterocycles. The normalized spacial score (nSPS) is 40.0.